The van der Waals surface area contributed by atoms with Gasteiger partial charge < -0.3 is 4.74 Å². The van der Waals surface area contributed by atoms with Crippen LogP contribution in [0.2, 0.25) is 0 Å². The summed E-state index contributed by atoms with van der Waals surface area (Å²) < 4.78 is 4.69. The van der Waals surface area contributed by atoms with Gasteiger partial charge in [0.1, 0.15) is 0 Å². The maximum atomic E-state index is 10.6. The van der Waals surface area contributed by atoms with Gasteiger partial charge in [0, 0.05) is 5.57 Å². The zero-order valence-corrected chi connectivity index (χ0v) is 7.89. The molecule has 0 fully saturated rings. The van der Waals surface area contributed by atoms with Crippen LogP contribution in [0.3, 0.4) is 0 Å². The zero-order valence-electron chi connectivity index (χ0n) is 5.92. The van der Waals surface area contributed by atoms with E-state index >= 15 is 0 Å². The molecule has 0 N–H and O–H groups in total. The molecule has 0 radical (unpaired) electrons. The highest BCUT2D eigenvalue weighted by Crippen LogP contribution is 1.92. The Morgan fingerprint density at radius 1 is 1.70 bits per heavy atom. The fourth-order valence-corrected chi connectivity index (χ4v) is 0.393. The molecule has 0 aliphatic carbocycles. The first-order valence-corrected chi connectivity index (χ1v) is 3.53. The van der Waals surface area contributed by atoms with Crippen LogP contribution in [-0.4, -0.2) is 18.7 Å². The summed E-state index contributed by atoms with van der Waals surface area (Å²) in [5.41, 5.74) is 0.452. The van der Waals surface area contributed by atoms with Crippen LogP contribution in [0, 0.1) is 0 Å². The van der Waals surface area contributed by atoms with E-state index in [4.69, 9.17) is 4.74 Å². The van der Waals surface area contributed by atoms with Gasteiger partial charge in [-0.1, -0.05) is 6.58 Å². The van der Waals surface area contributed by atoms with Crippen LogP contribution in [0.25, 0.3) is 0 Å². The standard InChI is InChI=1S/C6H11O2P.ClH/c1-5(2)6(7)8-3-4-9;/h1,3-4,9H2,2H3;1H. The molecule has 1 unspecified atom stereocenters. The van der Waals surface area contributed by atoms with Gasteiger partial charge in [-0.05, 0) is 13.1 Å². The van der Waals surface area contributed by atoms with Crippen molar-refractivity contribution in [3.05, 3.63) is 12.2 Å². The average molecular weight is 183 g/mol. The van der Waals surface area contributed by atoms with Gasteiger partial charge in [0.05, 0.1) is 6.61 Å². The van der Waals surface area contributed by atoms with E-state index in [9.17, 15) is 4.79 Å². The first-order valence-electron chi connectivity index (χ1n) is 2.71. The fourth-order valence-electron chi connectivity index (χ4n) is 0.275. The van der Waals surface area contributed by atoms with Crippen molar-refractivity contribution in [2.45, 2.75) is 6.92 Å². The summed E-state index contributed by atoms with van der Waals surface area (Å²) >= 11 is 0. The van der Waals surface area contributed by atoms with Crippen molar-refractivity contribution in [2.75, 3.05) is 12.8 Å². The van der Waals surface area contributed by atoms with Gasteiger partial charge >= 0.3 is 5.97 Å². The van der Waals surface area contributed by atoms with Gasteiger partial charge in [0.2, 0.25) is 0 Å². The van der Waals surface area contributed by atoms with Crippen molar-refractivity contribution in [3.63, 3.8) is 0 Å². The summed E-state index contributed by atoms with van der Waals surface area (Å²) in [7, 11) is 2.47. The molecule has 0 saturated heterocycles. The third-order valence-electron chi connectivity index (χ3n) is 0.699. The highest BCUT2D eigenvalue weighted by atomic mass is 35.5. The van der Waals surface area contributed by atoms with E-state index in [1.165, 1.54) is 0 Å². The minimum absolute atomic E-state index is 0. The molecule has 0 bridgehead atoms. The Bertz CT molecular complexity index is 125. The summed E-state index contributed by atoms with van der Waals surface area (Å²) in [4.78, 5) is 10.6. The average Bonchev–Trinajstić information content (AvgIpc) is 1.82. The molecule has 0 aliphatic rings. The largest absolute Gasteiger partial charge is 0.462 e. The van der Waals surface area contributed by atoms with E-state index in [0.29, 0.717) is 12.2 Å². The number of carbonyl (C=O) groups excluding carboxylic acids is 1. The molecular formula is C6H12ClO2P. The maximum absolute atomic E-state index is 10.6. The predicted octanol–water partition coefficient (Wildman–Crippen LogP) is 1.40. The molecule has 4 heteroatoms. The topological polar surface area (TPSA) is 26.3 Å². The molecule has 0 aliphatic heterocycles. The third kappa shape index (κ3) is 6.06. The smallest absolute Gasteiger partial charge is 0.333 e. The van der Waals surface area contributed by atoms with Crippen LogP contribution in [0.15, 0.2) is 12.2 Å². The second-order valence-electron chi connectivity index (χ2n) is 1.70. The van der Waals surface area contributed by atoms with E-state index in [-0.39, 0.29) is 18.4 Å². The van der Waals surface area contributed by atoms with Crippen LogP contribution in [0.5, 0.6) is 0 Å². The van der Waals surface area contributed by atoms with E-state index in [0.717, 1.165) is 6.16 Å². The second-order valence-corrected chi connectivity index (χ2v) is 2.28. The lowest BCUT2D eigenvalue weighted by molar-refractivity contribution is -0.138. The van der Waals surface area contributed by atoms with Crippen LogP contribution in [0.4, 0.5) is 0 Å². The Kier molecular flexibility index (Phi) is 8.87. The van der Waals surface area contributed by atoms with Gasteiger partial charge in [-0.3, -0.25) is 0 Å². The minimum Gasteiger partial charge on any atom is -0.462 e. The Labute approximate surface area is 69.6 Å². The minimum atomic E-state index is -0.308. The first kappa shape index (κ1) is 12.6. The molecule has 0 heterocycles. The number of ether oxygens (including phenoxy) is 1. The van der Waals surface area contributed by atoms with E-state index in [1.54, 1.807) is 6.92 Å². The number of carbonyl (C=O) groups is 1. The molecule has 0 aromatic rings. The maximum Gasteiger partial charge on any atom is 0.333 e. The number of halogens is 1. The molecule has 2 nitrogen and oxygen atoms in total. The van der Waals surface area contributed by atoms with Crippen molar-refractivity contribution >= 4 is 27.6 Å². The molecule has 0 spiro atoms. The number of esters is 1. The molecule has 0 aromatic heterocycles. The number of rotatable bonds is 3. The molecule has 60 valence electrons. The highest BCUT2D eigenvalue weighted by molar-refractivity contribution is 7.16. The summed E-state index contributed by atoms with van der Waals surface area (Å²) in [6.45, 7) is 5.51. The molecule has 0 rings (SSSR count). The van der Waals surface area contributed by atoms with Gasteiger partial charge in [-0.25, -0.2) is 4.79 Å². The Hall–Kier alpha value is -0.0700. The number of hydrogen-bond acceptors (Lipinski definition) is 2. The molecule has 0 saturated carbocycles. The predicted molar refractivity (Wildman–Crippen MR) is 47.6 cm³/mol. The number of hydrogen-bond donors (Lipinski definition) is 0. The Balaban J connectivity index is 0. The Morgan fingerprint density at radius 2 is 2.20 bits per heavy atom. The quantitative estimate of drug-likeness (QED) is 0.375. The van der Waals surface area contributed by atoms with Gasteiger partial charge in [-0.15, -0.1) is 21.6 Å². The lowest BCUT2D eigenvalue weighted by Crippen LogP contribution is -2.06. The highest BCUT2D eigenvalue weighted by Gasteiger charge is 1.99. The van der Waals surface area contributed by atoms with Crippen LogP contribution in [0.1, 0.15) is 6.92 Å². The van der Waals surface area contributed by atoms with Gasteiger partial charge in [0.15, 0.2) is 0 Å². The normalized spacial score (nSPS) is 7.80. The van der Waals surface area contributed by atoms with E-state index in [2.05, 4.69) is 15.8 Å². The SMILES string of the molecule is C=C(C)C(=O)OCCP.Cl. The Morgan fingerprint density at radius 3 is 2.50 bits per heavy atom. The summed E-state index contributed by atoms with van der Waals surface area (Å²) in [5.74, 6) is -0.308. The van der Waals surface area contributed by atoms with Gasteiger partial charge in [0.25, 0.3) is 0 Å². The van der Waals surface area contributed by atoms with Crippen LogP contribution >= 0.6 is 21.6 Å². The monoisotopic (exact) mass is 182 g/mol. The third-order valence-corrected chi connectivity index (χ3v) is 0.935. The van der Waals surface area contributed by atoms with Crippen LogP contribution < -0.4 is 0 Å². The van der Waals surface area contributed by atoms with Crippen molar-refractivity contribution in [3.8, 4) is 0 Å². The first-order chi connectivity index (χ1) is 4.18. The summed E-state index contributed by atoms with van der Waals surface area (Å²) in [6.07, 6.45) is 0.777. The van der Waals surface area contributed by atoms with Crippen molar-refractivity contribution < 1.29 is 9.53 Å². The van der Waals surface area contributed by atoms with Crippen molar-refractivity contribution in [1.29, 1.82) is 0 Å². The molecule has 0 amide bonds. The summed E-state index contributed by atoms with van der Waals surface area (Å²) in [5, 5.41) is 0. The van der Waals surface area contributed by atoms with Crippen molar-refractivity contribution in [1.82, 2.24) is 0 Å². The fraction of sp³-hybridized carbons (Fsp3) is 0.500. The summed E-state index contributed by atoms with van der Waals surface area (Å²) in [6, 6.07) is 0. The van der Waals surface area contributed by atoms with E-state index < -0.39 is 0 Å². The van der Waals surface area contributed by atoms with Crippen molar-refractivity contribution in [2.24, 2.45) is 0 Å². The molecule has 10 heavy (non-hydrogen) atoms. The lowest BCUT2D eigenvalue weighted by Gasteiger charge is -1.99. The van der Waals surface area contributed by atoms with Crippen LogP contribution in [-0.2, 0) is 9.53 Å². The molecule has 1 atom stereocenters. The second kappa shape index (κ2) is 7.04. The van der Waals surface area contributed by atoms with Gasteiger partial charge in [-0.2, -0.15) is 0 Å². The van der Waals surface area contributed by atoms with E-state index in [1.807, 2.05) is 0 Å². The zero-order chi connectivity index (χ0) is 7.28. The molecular weight excluding hydrogens is 170 g/mol. The molecule has 0 aromatic carbocycles. The lowest BCUT2D eigenvalue weighted by atomic mass is 10.4.